The largest absolute Gasteiger partial charge is 0.484 e. The molecule has 0 saturated heterocycles. The van der Waals surface area contributed by atoms with Gasteiger partial charge in [-0.15, -0.1) is 0 Å². The maximum absolute atomic E-state index is 13.1. The summed E-state index contributed by atoms with van der Waals surface area (Å²) in [6.07, 6.45) is -9.64. The van der Waals surface area contributed by atoms with E-state index in [0.717, 1.165) is 37.3 Å². The molecule has 15 heteroatoms. The van der Waals surface area contributed by atoms with Crippen molar-refractivity contribution in [1.29, 1.82) is 5.26 Å². The summed E-state index contributed by atoms with van der Waals surface area (Å²) >= 11 is 0. The zero-order valence-electron chi connectivity index (χ0n) is 21.3. The van der Waals surface area contributed by atoms with E-state index in [1.165, 1.54) is 12.1 Å². The second-order valence-corrected chi connectivity index (χ2v) is 8.31. The van der Waals surface area contributed by atoms with Crippen LogP contribution in [0.5, 0.6) is 11.5 Å². The molecule has 1 aliphatic rings. The Morgan fingerprint density at radius 2 is 1.41 bits per heavy atom. The van der Waals surface area contributed by atoms with E-state index < -0.39 is 72.0 Å². The third-order valence-corrected chi connectivity index (χ3v) is 5.54. The number of halogens is 6. The fourth-order valence-electron chi connectivity index (χ4n) is 3.96. The van der Waals surface area contributed by atoms with Gasteiger partial charge in [-0.25, -0.2) is 9.59 Å². The van der Waals surface area contributed by atoms with Crippen LogP contribution in [0.2, 0.25) is 0 Å². The van der Waals surface area contributed by atoms with Gasteiger partial charge < -0.3 is 24.7 Å². The number of benzene rings is 2. The summed E-state index contributed by atoms with van der Waals surface area (Å²) in [4.78, 5) is 27.0. The zero-order chi connectivity index (χ0) is 30.5. The Morgan fingerprint density at radius 3 is 1.85 bits per heavy atom. The molecule has 0 amide bonds. The van der Waals surface area contributed by atoms with Crippen molar-refractivity contribution in [3.8, 4) is 17.6 Å². The predicted octanol–water partition coefficient (Wildman–Crippen LogP) is 4.47. The number of carbonyl (C=O) groups excluding carboxylic acids is 2. The fraction of sp³-hybridized carbons (Fsp3) is 0.269. The van der Waals surface area contributed by atoms with Crippen LogP contribution in [-0.4, -0.2) is 51.7 Å². The van der Waals surface area contributed by atoms with Gasteiger partial charge >= 0.3 is 24.3 Å². The van der Waals surface area contributed by atoms with E-state index in [2.05, 4.69) is 0 Å². The highest BCUT2D eigenvalue weighted by molar-refractivity contribution is 6.06. The van der Waals surface area contributed by atoms with Crippen LogP contribution >= 0.6 is 0 Å². The first-order valence-electron chi connectivity index (χ1n) is 11.4. The van der Waals surface area contributed by atoms with E-state index >= 15 is 0 Å². The Morgan fingerprint density at radius 1 is 0.902 bits per heavy atom. The molecule has 2 aromatic carbocycles. The molecule has 9 nitrogen and oxygen atoms in total. The highest BCUT2D eigenvalue weighted by atomic mass is 19.4. The van der Waals surface area contributed by atoms with Crippen molar-refractivity contribution in [3.63, 3.8) is 0 Å². The number of methoxy groups -OCH3 is 2. The van der Waals surface area contributed by atoms with Crippen molar-refractivity contribution >= 4 is 17.6 Å². The number of hydrogen-bond acceptors (Lipinski definition) is 9. The topological polar surface area (TPSA) is 124 Å². The summed E-state index contributed by atoms with van der Waals surface area (Å²) in [6.45, 7) is -3.65. The molecule has 1 aliphatic heterocycles. The van der Waals surface area contributed by atoms with Crippen LogP contribution < -0.4 is 20.1 Å². The lowest BCUT2D eigenvalue weighted by atomic mass is 9.81. The fourth-order valence-corrected chi connectivity index (χ4v) is 3.96. The van der Waals surface area contributed by atoms with Crippen LogP contribution in [-0.2, 0) is 19.1 Å². The summed E-state index contributed by atoms with van der Waals surface area (Å²) in [5, 5.41) is 10.1. The van der Waals surface area contributed by atoms with Gasteiger partial charge in [-0.05, 0) is 5.56 Å². The van der Waals surface area contributed by atoms with Crippen molar-refractivity contribution < 1.29 is 54.9 Å². The molecule has 0 saturated carbocycles. The van der Waals surface area contributed by atoms with Gasteiger partial charge in [0.2, 0.25) is 0 Å². The molecule has 41 heavy (non-hydrogen) atoms. The smallest absolute Gasteiger partial charge is 0.422 e. The summed E-state index contributed by atoms with van der Waals surface area (Å²) in [6, 6.07) is 12.3. The average molecular weight is 585 g/mol. The highest BCUT2D eigenvalue weighted by Gasteiger charge is 2.43. The summed E-state index contributed by atoms with van der Waals surface area (Å²) < 4.78 is 96.3. The normalized spacial score (nSPS) is 15.8. The maximum Gasteiger partial charge on any atom is 0.422 e. The lowest BCUT2D eigenvalue weighted by Gasteiger charge is -2.36. The molecule has 0 bridgehead atoms. The minimum Gasteiger partial charge on any atom is -0.484 e. The van der Waals surface area contributed by atoms with E-state index in [-0.39, 0.29) is 11.3 Å². The van der Waals surface area contributed by atoms with Gasteiger partial charge in [0, 0.05) is 18.2 Å². The number of carbonyl (C=O) groups is 2. The second kappa shape index (κ2) is 12.1. The molecule has 218 valence electrons. The number of nitrogens with zero attached hydrogens (tertiary/aromatic N) is 2. The molecule has 0 spiro atoms. The quantitative estimate of drug-likeness (QED) is 0.353. The van der Waals surface area contributed by atoms with Crippen LogP contribution in [0, 0.1) is 11.3 Å². The van der Waals surface area contributed by atoms with Crippen LogP contribution in [0.3, 0.4) is 0 Å². The van der Waals surface area contributed by atoms with E-state index in [4.69, 9.17) is 24.7 Å². The lowest BCUT2D eigenvalue weighted by molar-refractivity contribution is -0.154. The molecule has 0 fully saturated rings. The maximum atomic E-state index is 13.1. The number of nitrogens with two attached hydrogens (primary N) is 1. The number of allylic oxidation sites excluding steroid dienone is 1. The highest BCUT2D eigenvalue weighted by Crippen LogP contribution is 2.44. The van der Waals surface area contributed by atoms with Crippen molar-refractivity contribution in [2.24, 2.45) is 5.73 Å². The molecule has 3 rings (SSSR count). The number of esters is 2. The van der Waals surface area contributed by atoms with E-state index in [1.807, 2.05) is 6.07 Å². The molecule has 1 atom stereocenters. The molecule has 1 unspecified atom stereocenters. The van der Waals surface area contributed by atoms with E-state index in [9.17, 15) is 41.2 Å². The number of hydrogen-bond donors (Lipinski definition) is 1. The third kappa shape index (κ3) is 7.21. The molecular formula is C26H21F6N3O6. The third-order valence-electron chi connectivity index (χ3n) is 5.54. The first-order valence-corrected chi connectivity index (χ1v) is 11.4. The van der Waals surface area contributed by atoms with Crippen LogP contribution in [0.1, 0.15) is 11.5 Å². The Hall–Kier alpha value is -4.87. The van der Waals surface area contributed by atoms with Gasteiger partial charge in [-0.2, -0.15) is 31.6 Å². The van der Waals surface area contributed by atoms with Crippen LogP contribution in [0.15, 0.2) is 71.2 Å². The summed E-state index contributed by atoms with van der Waals surface area (Å²) in [5.74, 6) is -5.28. The monoisotopic (exact) mass is 585 g/mol. The van der Waals surface area contributed by atoms with Crippen molar-refractivity contribution in [2.75, 3.05) is 32.3 Å². The van der Waals surface area contributed by atoms with Crippen molar-refractivity contribution in [3.05, 3.63) is 76.8 Å². The minimum absolute atomic E-state index is 0.288. The number of alkyl halides is 6. The first kappa shape index (κ1) is 30.7. The molecule has 0 aliphatic carbocycles. The van der Waals surface area contributed by atoms with E-state index in [1.54, 1.807) is 18.2 Å². The number of ether oxygens (including phenoxy) is 4. The molecular weight excluding hydrogens is 564 g/mol. The summed E-state index contributed by atoms with van der Waals surface area (Å²) in [7, 11) is 1.96. The standard InChI is InChI=1S/C26H21F6N3O6/c1-38-23(36)20-19(14-6-4-3-5-7-14)18(11-33)22(34)35(21(20)24(37)39-2)15-8-16(40-12-25(27,28)29)10-17(9-15)41-13-26(30,31)32/h3-10,19H,12-13,34H2,1-2H3. The number of rotatable bonds is 8. The minimum atomic E-state index is -4.82. The van der Waals surface area contributed by atoms with Gasteiger partial charge in [0.25, 0.3) is 0 Å². The van der Waals surface area contributed by atoms with Gasteiger partial charge in [0.1, 0.15) is 23.0 Å². The van der Waals surface area contributed by atoms with Gasteiger partial charge in [0.15, 0.2) is 13.2 Å². The predicted molar refractivity (Wildman–Crippen MR) is 129 cm³/mol. The summed E-state index contributed by atoms with van der Waals surface area (Å²) in [5.41, 5.74) is 4.93. The molecule has 2 N–H and O–H groups in total. The lowest BCUT2D eigenvalue weighted by Crippen LogP contribution is -2.40. The Balaban J connectivity index is 2.34. The molecule has 1 heterocycles. The van der Waals surface area contributed by atoms with Crippen LogP contribution in [0.25, 0.3) is 0 Å². The molecule has 0 aromatic heterocycles. The van der Waals surface area contributed by atoms with Crippen LogP contribution in [0.4, 0.5) is 32.0 Å². The van der Waals surface area contributed by atoms with Gasteiger partial charge in [0.05, 0.1) is 43.0 Å². The van der Waals surface area contributed by atoms with Crippen molar-refractivity contribution in [1.82, 2.24) is 0 Å². The SMILES string of the molecule is COC(=O)C1=C(C(=O)OC)N(c2cc(OCC(F)(F)F)cc(OCC(F)(F)F)c2)C(N)=C(C#N)C1c1ccccc1. The zero-order valence-corrected chi connectivity index (χ0v) is 21.3. The van der Waals surface area contributed by atoms with Gasteiger partial charge in [-0.1, -0.05) is 30.3 Å². The van der Waals surface area contributed by atoms with Gasteiger partial charge in [-0.3, -0.25) is 4.90 Å². The first-order chi connectivity index (χ1) is 19.2. The number of anilines is 1. The van der Waals surface area contributed by atoms with Crippen molar-refractivity contribution in [2.45, 2.75) is 18.3 Å². The average Bonchev–Trinajstić information content (AvgIpc) is 2.93. The van der Waals surface area contributed by atoms with E-state index in [0.29, 0.717) is 5.56 Å². The Kier molecular flexibility index (Phi) is 9.06. The Labute approximate surface area is 228 Å². The second-order valence-electron chi connectivity index (χ2n) is 8.31. The Bertz CT molecular complexity index is 1380. The molecule has 0 radical (unpaired) electrons. The number of nitriles is 1. The molecule has 2 aromatic rings.